The summed E-state index contributed by atoms with van der Waals surface area (Å²) < 4.78 is 37.8. The maximum Gasteiger partial charge on any atom is 0.416 e. The predicted octanol–water partition coefficient (Wildman–Crippen LogP) is 3.80. The fraction of sp³-hybridized carbons (Fsp3) is 0.500. The van der Waals surface area contributed by atoms with E-state index in [4.69, 9.17) is 0 Å². The molecule has 0 aliphatic heterocycles. The average molecular weight is 327 g/mol. The molecule has 0 saturated heterocycles. The van der Waals surface area contributed by atoms with Gasteiger partial charge in [-0.2, -0.15) is 18.3 Å². The summed E-state index contributed by atoms with van der Waals surface area (Å²) in [6, 6.07) is 4.74. The van der Waals surface area contributed by atoms with Crippen molar-refractivity contribution < 1.29 is 18.0 Å². The van der Waals surface area contributed by atoms with Gasteiger partial charge in [-0.3, -0.25) is 4.79 Å². The van der Waals surface area contributed by atoms with Crippen molar-refractivity contribution >= 4 is 17.3 Å². The lowest BCUT2D eigenvalue weighted by molar-refractivity contribution is -0.137. The summed E-state index contributed by atoms with van der Waals surface area (Å²) in [7, 11) is 0. The third-order valence-electron chi connectivity index (χ3n) is 3.86. The summed E-state index contributed by atoms with van der Waals surface area (Å²) in [5.41, 5.74) is 2.93. The summed E-state index contributed by atoms with van der Waals surface area (Å²) in [5.74, 6) is -0.0202. The molecule has 2 N–H and O–H groups in total. The molecule has 0 heterocycles. The Morgan fingerprint density at radius 2 is 2.13 bits per heavy atom. The lowest BCUT2D eigenvalue weighted by Gasteiger charge is -2.19. The second kappa shape index (κ2) is 7.48. The molecule has 1 amide bonds. The Labute approximate surface area is 133 Å². The molecule has 2 rings (SSSR count). The van der Waals surface area contributed by atoms with Crippen LogP contribution >= 0.6 is 0 Å². The van der Waals surface area contributed by atoms with Crippen LogP contribution in [0.5, 0.6) is 0 Å². The fourth-order valence-electron chi connectivity index (χ4n) is 2.50. The number of anilines is 1. The lowest BCUT2D eigenvalue weighted by atomic mass is 9.89. The Morgan fingerprint density at radius 1 is 1.35 bits per heavy atom. The standard InChI is InChI=1S/C16H20F3N3O/c1-11-5-2-3-8-14(11)21-22-15(23)10-20-13-7-4-6-12(9-13)16(17,18)19/h4,6-7,9,11,20H,2-3,5,8,10H2,1H3,(H,22,23)/b21-14-/t11-/m0/s1. The first-order valence-corrected chi connectivity index (χ1v) is 7.62. The number of amides is 1. The summed E-state index contributed by atoms with van der Waals surface area (Å²) in [6.07, 6.45) is -0.213. The monoisotopic (exact) mass is 327 g/mol. The maximum atomic E-state index is 12.6. The molecular weight excluding hydrogens is 307 g/mol. The minimum atomic E-state index is -4.40. The molecule has 23 heavy (non-hydrogen) atoms. The number of carbonyl (C=O) groups excluding carboxylic acids is 1. The predicted molar refractivity (Wildman–Crippen MR) is 83.1 cm³/mol. The second-order valence-corrected chi connectivity index (χ2v) is 5.72. The molecule has 0 unspecified atom stereocenters. The number of nitrogens with zero attached hydrogens (tertiary/aromatic N) is 1. The van der Waals surface area contributed by atoms with Gasteiger partial charge >= 0.3 is 6.18 Å². The third kappa shape index (κ3) is 5.26. The molecule has 1 aliphatic rings. The number of rotatable bonds is 4. The molecule has 0 aromatic heterocycles. The van der Waals surface area contributed by atoms with Crippen LogP contribution in [0.2, 0.25) is 0 Å². The van der Waals surface area contributed by atoms with Crippen LogP contribution in [0.1, 0.15) is 38.2 Å². The Hall–Kier alpha value is -2.05. The molecule has 1 aromatic carbocycles. The van der Waals surface area contributed by atoms with Crippen molar-refractivity contribution in [3.05, 3.63) is 29.8 Å². The van der Waals surface area contributed by atoms with E-state index in [1.807, 2.05) is 0 Å². The van der Waals surface area contributed by atoms with Crippen LogP contribution in [0.15, 0.2) is 29.4 Å². The first kappa shape index (κ1) is 17.3. The first-order chi connectivity index (χ1) is 10.9. The number of carbonyl (C=O) groups is 1. The molecule has 0 spiro atoms. The van der Waals surface area contributed by atoms with Gasteiger partial charge in [0.05, 0.1) is 12.1 Å². The number of alkyl halides is 3. The van der Waals surface area contributed by atoms with E-state index in [0.29, 0.717) is 5.92 Å². The zero-order chi connectivity index (χ0) is 16.9. The van der Waals surface area contributed by atoms with E-state index < -0.39 is 11.7 Å². The molecular formula is C16H20F3N3O. The number of hydrogen-bond acceptors (Lipinski definition) is 3. The van der Waals surface area contributed by atoms with Gasteiger partial charge < -0.3 is 5.32 Å². The van der Waals surface area contributed by atoms with Crippen molar-refractivity contribution in [2.45, 2.75) is 38.8 Å². The Kier molecular flexibility index (Phi) is 5.63. The van der Waals surface area contributed by atoms with Gasteiger partial charge in [-0.25, -0.2) is 5.43 Å². The lowest BCUT2D eigenvalue weighted by Crippen LogP contribution is -2.29. The molecule has 1 aliphatic carbocycles. The van der Waals surface area contributed by atoms with Crippen LogP contribution in [0, 0.1) is 5.92 Å². The van der Waals surface area contributed by atoms with Gasteiger partial charge in [0.2, 0.25) is 0 Å². The molecule has 0 radical (unpaired) electrons. The highest BCUT2D eigenvalue weighted by molar-refractivity contribution is 5.89. The maximum absolute atomic E-state index is 12.6. The molecule has 1 saturated carbocycles. The van der Waals surface area contributed by atoms with Crippen LogP contribution in [0.4, 0.5) is 18.9 Å². The van der Waals surface area contributed by atoms with E-state index in [0.717, 1.165) is 37.1 Å². The molecule has 1 aromatic rings. The Morgan fingerprint density at radius 3 is 2.83 bits per heavy atom. The van der Waals surface area contributed by atoms with Gasteiger partial charge in [0.1, 0.15) is 0 Å². The molecule has 4 nitrogen and oxygen atoms in total. The van der Waals surface area contributed by atoms with Gasteiger partial charge in [0.25, 0.3) is 5.91 Å². The van der Waals surface area contributed by atoms with E-state index in [1.165, 1.54) is 18.6 Å². The second-order valence-electron chi connectivity index (χ2n) is 5.72. The molecule has 126 valence electrons. The minimum absolute atomic E-state index is 0.132. The van der Waals surface area contributed by atoms with Crippen LogP contribution < -0.4 is 10.7 Å². The van der Waals surface area contributed by atoms with Crippen molar-refractivity contribution in [3.8, 4) is 0 Å². The van der Waals surface area contributed by atoms with E-state index >= 15 is 0 Å². The number of hydrogen-bond donors (Lipinski definition) is 2. The van der Waals surface area contributed by atoms with Crippen LogP contribution in [-0.2, 0) is 11.0 Å². The Balaban J connectivity index is 1.86. The minimum Gasteiger partial charge on any atom is -0.376 e. The van der Waals surface area contributed by atoms with Gasteiger partial charge in [0, 0.05) is 11.4 Å². The quantitative estimate of drug-likeness (QED) is 0.827. The fourth-order valence-corrected chi connectivity index (χ4v) is 2.50. The van der Waals surface area contributed by atoms with Crippen molar-refractivity contribution in [2.75, 3.05) is 11.9 Å². The summed E-state index contributed by atoms with van der Waals surface area (Å²) in [5, 5.41) is 6.80. The van der Waals surface area contributed by atoms with Crippen LogP contribution in [0.3, 0.4) is 0 Å². The Bertz CT molecular complexity index is 584. The number of hydrazone groups is 1. The summed E-state index contributed by atoms with van der Waals surface area (Å²) in [6.45, 7) is 1.94. The van der Waals surface area contributed by atoms with Gasteiger partial charge in [0.15, 0.2) is 0 Å². The summed E-state index contributed by atoms with van der Waals surface area (Å²) in [4.78, 5) is 11.7. The van der Waals surface area contributed by atoms with Crippen molar-refractivity contribution in [1.82, 2.24) is 5.43 Å². The number of nitrogens with one attached hydrogen (secondary N) is 2. The van der Waals surface area contributed by atoms with Crippen molar-refractivity contribution in [1.29, 1.82) is 0 Å². The highest BCUT2D eigenvalue weighted by Crippen LogP contribution is 2.30. The van der Waals surface area contributed by atoms with Gasteiger partial charge in [-0.1, -0.05) is 19.4 Å². The van der Waals surface area contributed by atoms with Crippen LogP contribution in [0.25, 0.3) is 0 Å². The van der Waals surface area contributed by atoms with Crippen LogP contribution in [-0.4, -0.2) is 18.2 Å². The SMILES string of the molecule is C[C@H]1CCCC/C1=N/NC(=O)CNc1cccc(C(F)(F)F)c1. The largest absolute Gasteiger partial charge is 0.416 e. The third-order valence-corrected chi connectivity index (χ3v) is 3.86. The van der Waals surface area contributed by atoms with Gasteiger partial charge in [-0.15, -0.1) is 0 Å². The van der Waals surface area contributed by atoms with E-state index in [1.54, 1.807) is 0 Å². The molecule has 1 atom stereocenters. The van der Waals surface area contributed by atoms with Crippen molar-refractivity contribution in [2.24, 2.45) is 11.0 Å². The summed E-state index contributed by atoms with van der Waals surface area (Å²) >= 11 is 0. The zero-order valence-electron chi connectivity index (χ0n) is 12.9. The highest BCUT2D eigenvalue weighted by atomic mass is 19.4. The smallest absolute Gasteiger partial charge is 0.376 e. The highest BCUT2D eigenvalue weighted by Gasteiger charge is 2.30. The average Bonchev–Trinajstić information content (AvgIpc) is 2.51. The van der Waals surface area contributed by atoms with Crippen molar-refractivity contribution in [3.63, 3.8) is 0 Å². The van der Waals surface area contributed by atoms with E-state index in [9.17, 15) is 18.0 Å². The topological polar surface area (TPSA) is 53.5 Å². The molecule has 0 bridgehead atoms. The van der Waals surface area contributed by atoms with E-state index in [2.05, 4.69) is 22.8 Å². The molecule has 1 fully saturated rings. The van der Waals surface area contributed by atoms with Gasteiger partial charge in [-0.05, 0) is 43.4 Å². The normalized spacial score (nSPS) is 20.3. The number of halogens is 3. The zero-order valence-corrected chi connectivity index (χ0v) is 12.9. The van der Waals surface area contributed by atoms with E-state index in [-0.39, 0.29) is 18.1 Å². The number of benzene rings is 1. The molecule has 7 heteroatoms. The first-order valence-electron chi connectivity index (χ1n) is 7.62.